The number of nitrogens with zero attached hydrogens (tertiary/aromatic N) is 1. The molecule has 0 rings (SSSR count). The number of hydrogen-bond acceptors (Lipinski definition) is 1. The summed E-state index contributed by atoms with van der Waals surface area (Å²) in [5, 5.41) is 6.25. The third kappa shape index (κ3) is 42.1. The van der Waals surface area contributed by atoms with Gasteiger partial charge in [-0.3, -0.25) is 0 Å². The van der Waals surface area contributed by atoms with Crippen LogP contribution in [-0.2, 0) is 51.5 Å². The quantitative estimate of drug-likeness (QED) is 0.392. The maximum atomic E-state index is 6.25. The molecular weight excluding hydrogens is 190 g/mol. The molecule has 4 heteroatoms. The molecule has 0 bridgehead atoms. The Balaban J connectivity index is -0.00000000167. The van der Waals surface area contributed by atoms with Crippen LogP contribution in [0.15, 0.2) is 0 Å². The Morgan fingerprint density at radius 1 is 1.00 bits per heavy atom. The first-order valence-corrected chi connectivity index (χ1v) is 0.224. The van der Waals surface area contributed by atoms with Gasteiger partial charge in [-0.15, -0.1) is 0 Å². The summed E-state index contributed by atoms with van der Waals surface area (Å²) in [5.74, 6) is 0. The zero-order valence-corrected chi connectivity index (χ0v) is 5.55. The third-order valence-corrected chi connectivity index (χ3v) is 0. The van der Waals surface area contributed by atoms with Crippen LogP contribution in [0.4, 0.5) is 0 Å². The molecular formula is CCrFe2N-. The van der Waals surface area contributed by atoms with Gasteiger partial charge in [0, 0.05) is 51.5 Å². The number of rotatable bonds is 0. The summed E-state index contributed by atoms with van der Waals surface area (Å²) in [7, 11) is 0. The van der Waals surface area contributed by atoms with Crippen LogP contribution in [0.5, 0.6) is 0 Å². The molecule has 0 fully saturated rings. The first-order chi connectivity index (χ1) is 1.00. The topological polar surface area (TPSA) is 23.8 Å². The molecule has 5 heavy (non-hydrogen) atoms. The minimum absolute atomic E-state index is 0. The molecule has 0 aromatic heterocycles. The van der Waals surface area contributed by atoms with Crippen LogP contribution in [0.25, 0.3) is 0 Å². The van der Waals surface area contributed by atoms with Gasteiger partial charge in [0.1, 0.15) is 0 Å². The van der Waals surface area contributed by atoms with E-state index in [4.69, 9.17) is 11.8 Å². The summed E-state index contributed by atoms with van der Waals surface area (Å²) < 4.78 is 0. The Labute approximate surface area is 63.2 Å². The van der Waals surface area contributed by atoms with E-state index in [1.807, 2.05) is 0 Å². The zero-order chi connectivity index (χ0) is 2.00. The molecule has 0 aromatic carbocycles. The van der Waals surface area contributed by atoms with Crippen LogP contribution in [0.3, 0.4) is 0 Å². The molecule has 0 aliphatic heterocycles. The molecule has 0 atom stereocenters. The first kappa shape index (κ1) is 36.5. The van der Waals surface area contributed by atoms with E-state index in [0.29, 0.717) is 0 Å². The van der Waals surface area contributed by atoms with Crippen LogP contribution in [-0.4, -0.2) is 0 Å². The predicted octanol–water partition coefficient (Wildman–Crippen LogP) is 0.0889. The fourth-order valence-electron chi connectivity index (χ4n) is 0. The molecule has 0 aliphatic rings. The Morgan fingerprint density at radius 3 is 1.00 bits per heavy atom. The van der Waals surface area contributed by atoms with Crippen molar-refractivity contribution in [2.75, 3.05) is 0 Å². The van der Waals surface area contributed by atoms with E-state index >= 15 is 0 Å². The molecule has 0 N–H and O–H groups in total. The van der Waals surface area contributed by atoms with Crippen molar-refractivity contribution in [2.45, 2.75) is 0 Å². The van der Waals surface area contributed by atoms with Crippen molar-refractivity contribution in [3.8, 4) is 0 Å². The first-order valence-electron chi connectivity index (χ1n) is 0.224. The fraction of sp³-hybridized carbons (Fsp3) is 0. The van der Waals surface area contributed by atoms with Gasteiger partial charge < -0.3 is 11.8 Å². The average molecular weight is 190 g/mol. The fourth-order valence-corrected chi connectivity index (χ4v) is 0. The molecule has 0 saturated carbocycles. The van der Waals surface area contributed by atoms with E-state index in [1.54, 1.807) is 0 Å². The molecule has 1 nitrogen and oxygen atoms in total. The second kappa shape index (κ2) is 74.1. The van der Waals surface area contributed by atoms with Gasteiger partial charge in [-0.2, -0.15) is 0 Å². The van der Waals surface area contributed by atoms with Crippen LogP contribution in [0, 0.1) is 11.8 Å². The van der Waals surface area contributed by atoms with Gasteiger partial charge >= 0.3 is 0 Å². The van der Waals surface area contributed by atoms with Crippen molar-refractivity contribution in [3.05, 3.63) is 6.57 Å². The monoisotopic (exact) mass is 190 g/mol. The second-order valence-corrected chi connectivity index (χ2v) is 0. The van der Waals surface area contributed by atoms with E-state index in [0.717, 1.165) is 0 Å². The summed E-state index contributed by atoms with van der Waals surface area (Å²) in [5.41, 5.74) is 0. The van der Waals surface area contributed by atoms with Gasteiger partial charge in [0.15, 0.2) is 0 Å². The van der Waals surface area contributed by atoms with E-state index in [9.17, 15) is 0 Å². The van der Waals surface area contributed by atoms with Crippen molar-refractivity contribution < 1.29 is 51.5 Å². The van der Waals surface area contributed by atoms with Gasteiger partial charge in [0.2, 0.25) is 0 Å². The van der Waals surface area contributed by atoms with Crippen molar-refractivity contribution >= 4 is 0 Å². The Morgan fingerprint density at radius 2 is 1.00 bits per heavy atom. The van der Waals surface area contributed by atoms with E-state index in [1.165, 1.54) is 0 Å². The largest absolute Gasteiger partial charge is 0.512 e. The third-order valence-electron chi connectivity index (χ3n) is 0. The van der Waals surface area contributed by atoms with Gasteiger partial charge in [-0.05, 0) is 0 Å². The average Bonchev–Trinajstić information content (AvgIpc) is 1.00. The summed E-state index contributed by atoms with van der Waals surface area (Å²) >= 11 is 0. The van der Waals surface area contributed by atoms with E-state index < -0.39 is 0 Å². The SMILES string of the molecule is [C-]#N.[Cr].[Fe].[Fe]. The van der Waals surface area contributed by atoms with E-state index in [-0.39, 0.29) is 51.5 Å². The molecule has 0 unspecified atom stereocenters. The maximum absolute atomic E-state index is 6.25. The van der Waals surface area contributed by atoms with Crippen molar-refractivity contribution in [1.29, 1.82) is 5.26 Å². The molecule has 0 spiro atoms. The maximum Gasteiger partial charge on any atom is 0 e. The molecule has 0 radical (unpaired) electrons. The Bertz CT molecular complexity index is 14.4. The van der Waals surface area contributed by atoms with Crippen molar-refractivity contribution in [1.82, 2.24) is 0 Å². The predicted molar refractivity (Wildman–Crippen MR) is 4.97 cm³/mol. The molecule has 0 saturated heterocycles. The van der Waals surface area contributed by atoms with Gasteiger partial charge in [0.05, 0.1) is 0 Å². The molecule has 0 heterocycles. The van der Waals surface area contributed by atoms with Crippen molar-refractivity contribution in [2.24, 2.45) is 0 Å². The number of hydrogen-bond donors (Lipinski definition) is 0. The summed E-state index contributed by atoms with van der Waals surface area (Å²) in [6.07, 6.45) is 0. The van der Waals surface area contributed by atoms with Crippen LogP contribution in [0.1, 0.15) is 0 Å². The summed E-state index contributed by atoms with van der Waals surface area (Å²) in [6, 6.07) is 0. The van der Waals surface area contributed by atoms with E-state index in [2.05, 4.69) is 0 Å². The molecule has 32 valence electrons. The zero-order valence-electron chi connectivity index (χ0n) is 2.06. The minimum atomic E-state index is 0. The van der Waals surface area contributed by atoms with Gasteiger partial charge in [-0.25, -0.2) is 0 Å². The van der Waals surface area contributed by atoms with Gasteiger partial charge in [0.25, 0.3) is 0 Å². The van der Waals surface area contributed by atoms with Crippen LogP contribution < -0.4 is 0 Å². The standard InChI is InChI=1S/CN.Cr.2Fe/c1-2;;;/q-1;;;. The summed E-state index contributed by atoms with van der Waals surface area (Å²) in [6.45, 7) is 4.75. The Kier molecular flexibility index (Phi) is 542. The van der Waals surface area contributed by atoms with Crippen molar-refractivity contribution in [3.63, 3.8) is 0 Å². The van der Waals surface area contributed by atoms with Crippen LogP contribution >= 0.6 is 0 Å². The Hall–Kier alpha value is 1.06. The van der Waals surface area contributed by atoms with Gasteiger partial charge in [-0.1, -0.05) is 0 Å². The smallest absolute Gasteiger partial charge is 0 e. The normalized spacial score (nSPS) is 0.400. The minimum Gasteiger partial charge on any atom is -0.512 e. The molecule has 0 aliphatic carbocycles. The molecule has 0 aromatic rings. The second-order valence-electron chi connectivity index (χ2n) is 0. The molecule has 0 amide bonds. The summed E-state index contributed by atoms with van der Waals surface area (Å²) in [4.78, 5) is 0. The van der Waals surface area contributed by atoms with Crippen LogP contribution in [0.2, 0.25) is 0 Å².